The Morgan fingerprint density at radius 3 is 2.70 bits per heavy atom. The average Bonchev–Trinajstić information content (AvgIpc) is 3.46. The standard InChI is InChI=1S/C25H30N4O3S/c1-2-5-17-16-18(6-11-21(17)30)22(31)23-24(26)28-25(33-23)27-19-7-9-20(10-8-19)32-15-14-29-12-3-4-13-29/h6-11,16,30H,2-5,12-15,26H2,1H3,(H,27,28). The van der Waals surface area contributed by atoms with Gasteiger partial charge in [0.1, 0.15) is 28.8 Å². The van der Waals surface area contributed by atoms with E-state index in [0.29, 0.717) is 28.6 Å². The maximum atomic E-state index is 13.0. The number of aromatic hydroxyl groups is 1. The summed E-state index contributed by atoms with van der Waals surface area (Å²) in [6.07, 6.45) is 4.15. The molecule has 0 spiro atoms. The van der Waals surface area contributed by atoms with Crippen LogP contribution in [0.4, 0.5) is 16.6 Å². The molecule has 1 aromatic heterocycles. The van der Waals surface area contributed by atoms with E-state index in [2.05, 4.69) is 15.2 Å². The molecule has 8 heteroatoms. The first kappa shape index (κ1) is 23.1. The number of benzene rings is 2. The Morgan fingerprint density at radius 2 is 1.97 bits per heavy atom. The summed E-state index contributed by atoms with van der Waals surface area (Å²) in [5, 5.41) is 13.8. The summed E-state index contributed by atoms with van der Waals surface area (Å²) in [4.78, 5) is 20.1. The Bertz CT molecular complexity index is 1090. The average molecular weight is 467 g/mol. The molecule has 33 heavy (non-hydrogen) atoms. The molecular formula is C25H30N4O3S. The number of carbonyl (C=O) groups excluding carboxylic acids is 1. The predicted molar refractivity (Wildman–Crippen MR) is 133 cm³/mol. The zero-order valence-corrected chi connectivity index (χ0v) is 19.7. The topological polar surface area (TPSA) is 101 Å². The number of aryl methyl sites for hydroxylation is 1. The van der Waals surface area contributed by atoms with Crippen LogP contribution in [-0.2, 0) is 6.42 Å². The van der Waals surface area contributed by atoms with Crippen molar-refractivity contribution in [2.75, 3.05) is 37.3 Å². The van der Waals surface area contributed by atoms with Crippen LogP contribution in [0.25, 0.3) is 0 Å². The van der Waals surface area contributed by atoms with Crippen molar-refractivity contribution < 1.29 is 14.6 Å². The van der Waals surface area contributed by atoms with Crippen LogP contribution in [0.1, 0.15) is 47.0 Å². The molecule has 4 rings (SSSR count). The van der Waals surface area contributed by atoms with Crippen molar-refractivity contribution in [3.05, 3.63) is 58.5 Å². The molecule has 1 aliphatic rings. The number of aromatic nitrogens is 1. The Balaban J connectivity index is 1.38. The first-order valence-electron chi connectivity index (χ1n) is 11.4. The predicted octanol–water partition coefficient (Wildman–Crippen LogP) is 4.83. The molecule has 0 aliphatic carbocycles. The van der Waals surface area contributed by atoms with Crippen LogP contribution in [0.2, 0.25) is 0 Å². The van der Waals surface area contributed by atoms with Gasteiger partial charge in [-0.3, -0.25) is 9.69 Å². The third kappa shape index (κ3) is 5.83. The van der Waals surface area contributed by atoms with E-state index in [1.807, 2.05) is 31.2 Å². The fourth-order valence-electron chi connectivity index (χ4n) is 3.93. The maximum Gasteiger partial charge on any atom is 0.206 e. The SMILES string of the molecule is CCCc1cc(C(=O)c2sc(Nc3ccc(OCCN4CCCC4)cc3)nc2N)ccc1O. The highest BCUT2D eigenvalue weighted by Gasteiger charge is 2.19. The quantitative estimate of drug-likeness (QED) is 0.368. The number of nitrogens with one attached hydrogen (secondary N) is 1. The number of ketones is 1. The van der Waals surface area contributed by atoms with E-state index >= 15 is 0 Å². The number of rotatable bonds is 10. The fraction of sp³-hybridized carbons (Fsp3) is 0.360. The molecule has 174 valence electrons. The number of nitrogen functional groups attached to an aromatic ring is 1. The molecular weight excluding hydrogens is 436 g/mol. The van der Waals surface area contributed by atoms with E-state index in [1.165, 1.54) is 37.3 Å². The van der Waals surface area contributed by atoms with Crippen molar-refractivity contribution in [3.8, 4) is 11.5 Å². The van der Waals surface area contributed by atoms with Crippen LogP contribution < -0.4 is 15.8 Å². The minimum atomic E-state index is -0.197. The van der Waals surface area contributed by atoms with Gasteiger partial charge in [-0.25, -0.2) is 4.98 Å². The van der Waals surface area contributed by atoms with Gasteiger partial charge in [-0.15, -0.1) is 0 Å². The largest absolute Gasteiger partial charge is 0.508 e. The number of likely N-dealkylation sites (tertiary alicyclic amines) is 1. The van der Waals surface area contributed by atoms with Crippen molar-refractivity contribution in [3.63, 3.8) is 0 Å². The van der Waals surface area contributed by atoms with E-state index in [4.69, 9.17) is 10.5 Å². The van der Waals surface area contributed by atoms with Crippen molar-refractivity contribution in [2.45, 2.75) is 32.6 Å². The number of phenolic OH excluding ortho intramolecular Hbond substituents is 1. The molecule has 1 aliphatic heterocycles. The highest BCUT2D eigenvalue weighted by molar-refractivity contribution is 7.18. The van der Waals surface area contributed by atoms with Crippen molar-refractivity contribution >= 4 is 33.8 Å². The van der Waals surface area contributed by atoms with Crippen LogP contribution in [-0.4, -0.2) is 47.0 Å². The van der Waals surface area contributed by atoms with E-state index in [9.17, 15) is 9.90 Å². The molecule has 0 radical (unpaired) electrons. The second-order valence-electron chi connectivity index (χ2n) is 8.20. The number of anilines is 3. The second-order valence-corrected chi connectivity index (χ2v) is 9.20. The van der Waals surface area contributed by atoms with Gasteiger partial charge in [0, 0.05) is 17.8 Å². The van der Waals surface area contributed by atoms with Gasteiger partial charge in [-0.05, 0) is 80.4 Å². The van der Waals surface area contributed by atoms with Crippen LogP contribution in [0.5, 0.6) is 11.5 Å². The highest BCUT2D eigenvalue weighted by Crippen LogP contribution is 2.31. The van der Waals surface area contributed by atoms with Crippen LogP contribution in [0.15, 0.2) is 42.5 Å². The molecule has 0 bridgehead atoms. The minimum absolute atomic E-state index is 0.194. The minimum Gasteiger partial charge on any atom is -0.508 e. The van der Waals surface area contributed by atoms with Crippen LogP contribution in [0.3, 0.4) is 0 Å². The molecule has 4 N–H and O–H groups in total. The lowest BCUT2D eigenvalue weighted by molar-refractivity contribution is 0.104. The van der Waals surface area contributed by atoms with Gasteiger partial charge in [-0.1, -0.05) is 24.7 Å². The molecule has 0 unspecified atom stereocenters. The zero-order valence-electron chi connectivity index (χ0n) is 18.8. The first-order valence-corrected chi connectivity index (χ1v) is 12.2. The number of ether oxygens (including phenoxy) is 1. The van der Waals surface area contributed by atoms with Crippen molar-refractivity contribution in [2.24, 2.45) is 0 Å². The van der Waals surface area contributed by atoms with Gasteiger partial charge in [0.2, 0.25) is 5.78 Å². The van der Waals surface area contributed by atoms with Crippen molar-refractivity contribution in [1.29, 1.82) is 0 Å². The Labute approximate surface area is 198 Å². The van der Waals surface area contributed by atoms with Gasteiger partial charge in [-0.2, -0.15) is 0 Å². The lowest BCUT2D eigenvalue weighted by atomic mass is 10.0. The number of hydrogen-bond acceptors (Lipinski definition) is 8. The molecule has 1 saturated heterocycles. The van der Waals surface area contributed by atoms with E-state index in [1.54, 1.807) is 18.2 Å². The zero-order chi connectivity index (χ0) is 23.2. The third-order valence-corrected chi connectivity index (χ3v) is 6.69. The Hall–Kier alpha value is -3.10. The number of nitrogens with zero attached hydrogens (tertiary/aromatic N) is 2. The summed E-state index contributed by atoms with van der Waals surface area (Å²) in [6, 6.07) is 12.6. The molecule has 0 amide bonds. The summed E-state index contributed by atoms with van der Waals surface area (Å²) in [5.74, 6) is 1.03. The highest BCUT2D eigenvalue weighted by atomic mass is 32.1. The Morgan fingerprint density at radius 1 is 1.21 bits per heavy atom. The van der Waals surface area contributed by atoms with Gasteiger partial charge in [0.25, 0.3) is 0 Å². The number of carbonyl (C=O) groups is 1. The lowest BCUT2D eigenvalue weighted by Crippen LogP contribution is -2.25. The van der Waals surface area contributed by atoms with Gasteiger partial charge < -0.3 is 20.9 Å². The monoisotopic (exact) mass is 466 g/mol. The normalized spacial score (nSPS) is 13.8. The van der Waals surface area contributed by atoms with Gasteiger partial charge in [0.15, 0.2) is 5.13 Å². The summed E-state index contributed by atoms with van der Waals surface area (Å²) < 4.78 is 5.85. The van der Waals surface area contributed by atoms with E-state index in [-0.39, 0.29) is 17.4 Å². The molecule has 0 saturated carbocycles. The lowest BCUT2D eigenvalue weighted by Gasteiger charge is -2.15. The van der Waals surface area contributed by atoms with Crippen molar-refractivity contribution in [1.82, 2.24) is 9.88 Å². The van der Waals surface area contributed by atoms with E-state index in [0.717, 1.165) is 30.0 Å². The maximum absolute atomic E-state index is 13.0. The second kappa shape index (κ2) is 10.7. The molecule has 7 nitrogen and oxygen atoms in total. The summed E-state index contributed by atoms with van der Waals surface area (Å²) in [6.45, 7) is 6.00. The van der Waals surface area contributed by atoms with Gasteiger partial charge in [0.05, 0.1) is 0 Å². The number of hydrogen-bond donors (Lipinski definition) is 3. The molecule has 1 fully saturated rings. The molecule has 2 heterocycles. The number of thiazole rings is 1. The van der Waals surface area contributed by atoms with Crippen LogP contribution in [0, 0.1) is 0 Å². The Kier molecular flexibility index (Phi) is 7.47. The molecule has 2 aromatic carbocycles. The van der Waals surface area contributed by atoms with E-state index < -0.39 is 0 Å². The fourth-order valence-corrected chi connectivity index (χ4v) is 4.80. The molecule has 3 aromatic rings. The summed E-state index contributed by atoms with van der Waals surface area (Å²) in [7, 11) is 0. The van der Waals surface area contributed by atoms with Gasteiger partial charge >= 0.3 is 0 Å². The number of phenols is 1. The molecule has 0 atom stereocenters. The summed E-state index contributed by atoms with van der Waals surface area (Å²) in [5.41, 5.74) is 8.14. The smallest absolute Gasteiger partial charge is 0.206 e. The third-order valence-electron chi connectivity index (χ3n) is 5.70. The van der Waals surface area contributed by atoms with Crippen LogP contribution >= 0.6 is 11.3 Å². The first-order chi connectivity index (χ1) is 16.0. The summed E-state index contributed by atoms with van der Waals surface area (Å²) >= 11 is 1.22. The number of nitrogens with two attached hydrogens (primary N) is 1.